The van der Waals surface area contributed by atoms with Crippen LogP contribution in [0.1, 0.15) is 85.5 Å². The lowest BCUT2D eigenvalue weighted by Crippen LogP contribution is -2.59. The first-order chi connectivity index (χ1) is 10.8. The maximum atomic E-state index is 11.1. The highest BCUT2D eigenvalue weighted by Gasteiger charge is 2.61. The first-order valence-electron chi connectivity index (χ1n) is 10.1. The normalized spacial score (nSPS) is 49.8. The van der Waals surface area contributed by atoms with Gasteiger partial charge in [-0.3, -0.25) is 0 Å². The summed E-state index contributed by atoms with van der Waals surface area (Å²) < 4.78 is 0. The third kappa shape index (κ3) is 2.59. The van der Waals surface area contributed by atoms with Gasteiger partial charge in [-0.1, -0.05) is 47.0 Å². The molecule has 134 valence electrons. The minimum atomic E-state index is -0.312. The third-order valence-corrected chi connectivity index (χ3v) is 8.62. The smallest absolute Gasteiger partial charge is 0.0623 e. The van der Waals surface area contributed by atoms with Gasteiger partial charge >= 0.3 is 0 Å². The molecule has 0 spiro atoms. The fourth-order valence-electron chi connectivity index (χ4n) is 7.30. The number of fused-ring (bicyclic) bond motifs is 3. The first kappa shape index (κ1) is 17.7. The van der Waals surface area contributed by atoms with Crippen LogP contribution >= 0.6 is 0 Å². The summed E-state index contributed by atoms with van der Waals surface area (Å²) in [6, 6.07) is 0. The minimum Gasteiger partial charge on any atom is -0.396 e. The molecular formula is C21H38O2. The van der Waals surface area contributed by atoms with Crippen LogP contribution in [0.5, 0.6) is 0 Å². The molecule has 0 bridgehead atoms. The van der Waals surface area contributed by atoms with Gasteiger partial charge in [0.15, 0.2) is 0 Å². The molecule has 6 unspecified atom stereocenters. The van der Waals surface area contributed by atoms with Crippen molar-refractivity contribution in [2.24, 2.45) is 34.0 Å². The predicted molar refractivity (Wildman–Crippen MR) is 95.1 cm³/mol. The standard InChI is InChI=1S/C21H38O2/c1-5-15-7-8-17-20(4)11-6-10-19(2,3)16(20)9-12-21(17,14-22)18(23)13-15/h15-18,22-23H,5-14H2,1-4H3. The van der Waals surface area contributed by atoms with Crippen LogP contribution in [-0.4, -0.2) is 22.9 Å². The average molecular weight is 323 g/mol. The quantitative estimate of drug-likeness (QED) is 0.768. The molecule has 3 aliphatic carbocycles. The Labute approximate surface area is 143 Å². The molecule has 3 fully saturated rings. The molecule has 0 aromatic carbocycles. The topological polar surface area (TPSA) is 40.5 Å². The van der Waals surface area contributed by atoms with Gasteiger partial charge in [0.2, 0.25) is 0 Å². The number of aliphatic hydroxyl groups is 2. The maximum Gasteiger partial charge on any atom is 0.0623 e. The maximum absolute atomic E-state index is 11.1. The van der Waals surface area contributed by atoms with Crippen molar-refractivity contribution in [1.82, 2.24) is 0 Å². The van der Waals surface area contributed by atoms with E-state index in [9.17, 15) is 10.2 Å². The van der Waals surface area contributed by atoms with Crippen molar-refractivity contribution >= 4 is 0 Å². The van der Waals surface area contributed by atoms with Gasteiger partial charge < -0.3 is 10.2 Å². The summed E-state index contributed by atoms with van der Waals surface area (Å²) in [5, 5.41) is 21.5. The molecule has 3 rings (SSSR count). The zero-order chi connectivity index (χ0) is 16.9. The van der Waals surface area contributed by atoms with Gasteiger partial charge in [-0.15, -0.1) is 0 Å². The van der Waals surface area contributed by atoms with E-state index < -0.39 is 0 Å². The average Bonchev–Trinajstić information content (AvgIpc) is 2.64. The lowest BCUT2D eigenvalue weighted by molar-refractivity contribution is -0.183. The van der Waals surface area contributed by atoms with Gasteiger partial charge in [0.1, 0.15) is 0 Å². The van der Waals surface area contributed by atoms with Crippen molar-refractivity contribution in [3.63, 3.8) is 0 Å². The molecule has 0 aromatic heterocycles. The van der Waals surface area contributed by atoms with E-state index in [1.54, 1.807) is 0 Å². The van der Waals surface area contributed by atoms with Crippen LogP contribution in [0.3, 0.4) is 0 Å². The molecule has 0 aliphatic heterocycles. The van der Waals surface area contributed by atoms with Crippen LogP contribution in [0.25, 0.3) is 0 Å². The Morgan fingerprint density at radius 2 is 1.70 bits per heavy atom. The van der Waals surface area contributed by atoms with Crippen molar-refractivity contribution < 1.29 is 10.2 Å². The largest absolute Gasteiger partial charge is 0.396 e. The fraction of sp³-hybridized carbons (Fsp3) is 1.00. The summed E-state index contributed by atoms with van der Waals surface area (Å²) in [5.74, 6) is 1.88. The summed E-state index contributed by atoms with van der Waals surface area (Å²) in [6.07, 6.45) is 10.3. The van der Waals surface area contributed by atoms with Crippen molar-refractivity contribution in [2.45, 2.75) is 91.6 Å². The molecule has 0 saturated heterocycles. The van der Waals surface area contributed by atoms with Gasteiger partial charge in [-0.05, 0) is 67.1 Å². The van der Waals surface area contributed by atoms with E-state index in [0.717, 1.165) is 25.2 Å². The summed E-state index contributed by atoms with van der Waals surface area (Å²) in [7, 11) is 0. The molecule has 0 radical (unpaired) electrons. The van der Waals surface area contributed by atoms with Crippen LogP contribution in [-0.2, 0) is 0 Å². The fourth-order valence-corrected chi connectivity index (χ4v) is 7.30. The second-order valence-electron chi connectivity index (χ2n) is 9.99. The lowest BCUT2D eigenvalue weighted by atomic mass is 9.42. The van der Waals surface area contributed by atoms with Crippen LogP contribution in [0.4, 0.5) is 0 Å². The third-order valence-electron chi connectivity index (χ3n) is 8.62. The van der Waals surface area contributed by atoms with E-state index >= 15 is 0 Å². The Kier molecular flexibility index (Phi) is 4.64. The van der Waals surface area contributed by atoms with E-state index in [0.29, 0.717) is 22.7 Å². The van der Waals surface area contributed by atoms with Crippen LogP contribution in [0.15, 0.2) is 0 Å². The number of hydrogen-bond donors (Lipinski definition) is 2. The van der Waals surface area contributed by atoms with Gasteiger partial charge in [0.05, 0.1) is 12.7 Å². The Morgan fingerprint density at radius 1 is 0.957 bits per heavy atom. The molecule has 3 saturated carbocycles. The van der Waals surface area contributed by atoms with Gasteiger partial charge in [-0.2, -0.15) is 0 Å². The SMILES string of the molecule is CCC1CCC2C3(C)CCCC(C)(C)C3CCC2(CO)C(O)C1. The molecule has 2 nitrogen and oxygen atoms in total. The highest BCUT2D eigenvalue weighted by atomic mass is 16.3. The zero-order valence-corrected chi connectivity index (χ0v) is 15.8. The monoisotopic (exact) mass is 322 g/mol. The molecule has 2 N–H and O–H groups in total. The van der Waals surface area contributed by atoms with E-state index in [4.69, 9.17) is 0 Å². The van der Waals surface area contributed by atoms with Crippen LogP contribution in [0.2, 0.25) is 0 Å². The van der Waals surface area contributed by atoms with Gasteiger partial charge in [0.25, 0.3) is 0 Å². The second kappa shape index (κ2) is 6.02. The zero-order valence-electron chi connectivity index (χ0n) is 15.8. The summed E-state index contributed by atoms with van der Waals surface area (Å²) in [6.45, 7) is 9.86. The van der Waals surface area contributed by atoms with E-state index in [1.807, 2.05) is 0 Å². The van der Waals surface area contributed by atoms with Crippen molar-refractivity contribution in [3.05, 3.63) is 0 Å². The first-order valence-corrected chi connectivity index (χ1v) is 10.1. The molecule has 6 atom stereocenters. The summed E-state index contributed by atoms with van der Waals surface area (Å²) in [4.78, 5) is 0. The molecule has 0 aromatic rings. The highest BCUT2D eigenvalue weighted by Crippen LogP contribution is 2.67. The van der Waals surface area contributed by atoms with Crippen molar-refractivity contribution in [2.75, 3.05) is 6.61 Å². The van der Waals surface area contributed by atoms with Crippen LogP contribution in [0, 0.1) is 34.0 Å². The lowest BCUT2D eigenvalue weighted by Gasteiger charge is -2.63. The van der Waals surface area contributed by atoms with Gasteiger partial charge in [0, 0.05) is 5.41 Å². The Hall–Kier alpha value is -0.0800. The van der Waals surface area contributed by atoms with E-state index in [1.165, 1.54) is 38.5 Å². The van der Waals surface area contributed by atoms with E-state index in [-0.39, 0.29) is 18.1 Å². The minimum absolute atomic E-state index is 0.179. The molecule has 23 heavy (non-hydrogen) atoms. The Morgan fingerprint density at radius 3 is 2.35 bits per heavy atom. The predicted octanol–water partition coefficient (Wildman–Crippen LogP) is 4.78. The van der Waals surface area contributed by atoms with Crippen molar-refractivity contribution in [1.29, 1.82) is 0 Å². The molecule has 0 amide bonds. The summed E-state index contributed by atoms with van der Waals surface area (Å²) in [5.41, 5.74) is 0.477. The number of rotatable bonds is 2. The van der Waals surface area contributed by atoms with Crippen molar-refractivity contribution in [3.8, 4) is 0 Å². The Bertz CT molecular complexity index is 432. The van der Waals surface area contributed by atoms with Crippen LogP contribution < -0.4 is 0 Å². The van der Waals surface area contributed by atoms with Gasteiger partial charge in [-0.25, -0.2) is 0 Å². The summed E-state index contributed by atoms with van der Waals surface area (Å²) >= 11 is 0. The molecular weight excluding hydrogens is 284 g/mol. The highest BCUT2D eigenvalue weighted by molar-refractivity contribution is 5.10. The number of aliphatic hydroxyl groups excluding tert-OH is 2. The second-order valence-corrected chi connectivity index (χ2v) is 9.99. The molecule has 0 heterocycles. The number of hydrogen-bond acceptors (Lipinski definition) is 2. The molecule has 2 heteroatoms. The molecule has 3 aliphatic rings. The Balaban J connectivity index is 2.00. The van der Waals surface area contributed by atoms with E-state index in [2.05, 4.69) is 27.7 Å².